The summed E-state index contributed by atoms with van der Waals surface area (Å²) in [6.45, 7) is 11.3. The smallest absolute Gasteiger partial charge is 0.338 e. The van der Waals surface area contributed by atoms with Crippen LogP contribution in [0.2, 0.25) is 0 Å². The lowest BCUT2D eigenvalue weighted by Gasteiger charge is -2.40. The van der Waals surface area contributed by atoms with Crippen LogP contribution in [0.5, 0.6) is 0 Å². The van der Waals surface area contributed by atoms with Gasteiger partial charge in [0.05, 0.1) is 42.3 Å². The zero-order valence-corrected chi connectivity index (χ0v) is 34.0. The van der Waals surface area contributed by atoms with Gasteiger partial charge in [-0.15, -0.1) is 0 Å². The molecule has 2 aliphatic heterocycles. The lowest BCUT2D eigenvalue weighted by Crippen LogP contribution is -2.51. The number of imide groups is 2. The molecule has 55 heavy (non-hydrogen) atoms. The monoisotopic (exact) mass is 784 g/mol. The number of ether oxygens (including phenoxy) is 1. The highest BCUT2D eigenvalue weighted by atomic mass is 32.2. The van der Waals surface area contributed by atoms with Gasteiger partial charge in [0.15, 0.2) is 9.84 Å². The first-order valence-corrected chi connectivity index (χ1v) is 20.8. The average molecular weight is 785 g/mol. The molecule has 2 saturated heterocycles. The van der Waals surface area contributed by atoms with Gasteiger partial charge in [-0.3, -0.25) is 19.4 Å². The summed E-state index contributed by atoms with van der Waals surface area (Å²) in [5.74, 6) is -1.83. The van der Waals surface area contributed by atoms with Gasteiger partial charge in [-0.2, -0.15) is 0 Å². The Hall–Kier alpha value is -4.34. The third kappa shape index (κ3) is 9.21. The number of aliphatic hydroxyl groups is 2. The summed E-state index contributed by atoms with van der Waals surface area (Å²) in [5, 5.41) is 22.6. The molecule has 5 unspecified atom stereocenters. The summed E-state index contributed by atoms with van der Waals surface area (Å²) in [4.78, 5) is 73.2. The molecule has 6 amide bonds. The number of esters is 1. The first-order chi connectivity index (χ1) is 25.6. The minimum atomic E-state index is -3.47. The Bertz CT molecular complexity index is 1850. The quantitative estimate of drug-likeness (QED) is 0.155. The molecule has 0 radical (unpaired) electrons. The number of sulfone groups is 1. The average Bonchev–Trinajstić information content (AvgIpc) is 3.45. The zero-order valence-electron chi connectivity index (χ0n) is 33.1. The fraction of sp³-hybridized carbons (Fsp3) is 0.575. The molecule has 2 aromatic carbocycles. The number of carbonyl (C=O) groups excluding carboxylic acids is 5. The van der Waals surface area contributed by atoms with Gasteiger partial charge in [0.2, 0.25) is 0 Å². The Labute approximate surface area is 324 Å². The topological polar surface area (TPSA) is 182 Å². The second-order valence-electron chi connectivity index (χ2n) is 15.8. The fourth-order valence-electron chi connectivity index (χ4n) is 7.72. The van der Waals surface area contributed by atoms with Crippen LogP contribution in [0, 0.1) is 0 Å². The van der Waals surface area contributed by atoms with Gasteiger partial charge >= 0.3 is 18.0 Å². The Kier molecular flexibility index (Phi) is 13.3. The molecule has 0 spiro atoms. The van der Waals surface area contributed by atoms with E-state index in [0.717, 1.165) is 22.5 Å². The van der Waals surface area contributed by atoms with Crippen LogP contribution in [0.25, 0.3) is 0 Å². The predicted molar refractivity (Wildman–Crippen MR) is 205 cm³/mol. The van der Waals surface area contributed by atoms with Crippen molar-refractivity contribution in [3.63, 3.8) is 0 Å². The van der Waals surface area contributed by atoms with E-state index in [1.807, 2.05) is 33.8 Å². The molecule has 2 fully saturated rings. The van der Waals surface area contributed by atoms with E-state index in [4.69, 9.17) is 4.74 Å². The Morgan fingerprint density at radius 1 is 0.836 bits per heavy atom. The van der Waals surface area contributed by atoms with Gasteiger partial charge in [0.25, 0.3) is 11.8 Å². The summed E-state index contributed by atoms with van der Waals surface area (Å²) >= 11 is 0. The maximum atomic E-state index is 14.0. The number of hydrogen-bond donors (Lipinski definition) is 2. The lowest BCUT2D eigenvalue weighted by atomic mass is 9.88. The van der Waals surface area contributed by atoms with E-state index in [1.54, 1.807) is 36.1 Å². The molecule has 15 heteroatoms. The minimum absolute atomic E-state index is 0.0449. The van der Waals surface area contributed by atoms with Crippen molar-refractivity contribution < 1.29 is 47.3 Å². The number of nitrogens with zero attached hydrogens (tertiary/aromatic N) is 4. The third-order valence-electron chi connectivity index (χ3n) is 10.8. The molecule has 302 valence electrons. The van der Waals surface area contributed by atoms with Crippen LogP contribution in [0.15, 0.2) is 59.5 Å². The van der Waals surface area contributed by atoms with Gasteiger partial charge in [-0.25, -0.2) is 22.8 Å². The first kappa shape index (κ1) is 43.4. The summed E-state index contributed by atoms with van der Waals surface area (Å²) < 4.78 is 29.5. The van der Waals surface area contributed by atoms with Crippen LogP contribution in [0.4, 0.5) is 9.59 Å². The first-order valence-electron chi connectivity index (χ1n) is 18.9. The lowest BCUT2D eigenvalue weighted by molar-refractivity contribution is -0.134. The van der Waals surface area contributed by atoms with Crippen LogP contribution in [0.1, 0.15) is 109 Å². The van der Waals surface area contributed by atoms with E-state index in [2.05, 4.69) is 0 Å². The standard InChI is InChI=1S/C40H56N4O10S/c1-9-21-39(6,11-3)44-32(27-15-13-12-14-16-27)33(47)41(37(44)51)25-30(46)26-43-36(50)42(35(49)38(43,4)5)24-29(45)23-40(7,22-10-2)54-34(48)28-17-19-31(20-18-28)55(8,52)53/h12-20,29-30,32,45-46H,9-11,21-26H2,1-8H3. The maximum absolute atomic E-state index is 14.0. The number of hydrogen-bond acceptors (Lipinski definition) is 10. The second-order valence-corrected chi connectivity index (χ2v) is 17.8. The van der Waals surface area contributed by atoms with Gasteiger partial charge in [-0.1, -0.05) is 63.9 Å². The van der Waals surface area contributed by atoms with E-state index >= 15 is 0 Å². The second kappa shape index (κ2) is 16.8. The molecular weight excluding hydrogens is 729 g/mol. The zero-order chi connectivity index (χ0) is 41.1. The van der Waals surface area contributed by atoms with Crippen molar-refractivity contribution in [1.82, 2.24) is 19.6 Å². The van der Waals surface area contributed by atoms with Gasteiger partial charge < -0.3 is 24.7 Å². The van der Waals surface area contributed by atoms with Crippen LogP contribution >= 0.6 is 0 Å². The molecule has 0 aromatic heterocycles. The minimum Gasteiger partial charge on any atom is -0.456 e. The summed E-state index contributed by atoms with van der Waals surface area (Å²) in [6.07, 6.45) is 1.18. The van der Waals surface area contributed by atoms with Gasteiger partial charge in [-0.05, 0) is 76.8 Å². The van der Waals surface area contributed by atoms with Gasteiger partial charge in [0.1, 0.15) is 17.2 Å². The van der Waals surface area contributed by atoms with E-state index < -0.39 is 87.7 Å². The number of benzene rings is 2. The van der Waals surface area contributed by atoms with Crippen molar-refractivity contribution >= 4 is 39.7 Å². The van der Waals surface area contributed by atoms with Crippen LogP contribution < -0.4 is 0 Å². The van der Waals surface area contributed by atoms with Crippen molar-refractivity contribution in [2.75, 3.05) is 25.9 Å². The maximum Gasteiger partial charge on any atom is 0.338 e. The molecule has 2 aliphatic rings. The van der Waals surface area contributed by atoms with Crippen molar-refractivity contribution in [2.45, 2.75) is 127 Å². The Balaban J connectivity index is 1.47. The number of aliphatic hydroxyl groups excluding tert-OH is 2. The summed E-state index contributed by atoms with van der Waals surface area (Å²) in [5.41, 5.74) is -2.51. The summed E-state index contributed by atoms with van der Waals surface area (Å²) in [6, 6.07) is 12.1. The molecule has 5 atom stereocenters. The SMILES string of the molecule is CCCC(C)(CC(O)CN1C(=O)N(CC(O)CN2C(=O)C(c3ccccc3)N(C(C)(CC)CCC)C2=O)C(C)(C)C1=O)OC(=O)c1ccc(S(C)(=O)=O)cc1. The third-order valence-corrected chi connectivity index (χ3v) is 12.0. The van der Waals surface area contributed by atoms with Crippen molar-refractivity contribution in [3.8, 4) is 0 Å². The Morgan fingerprint density at radius 3 is 1.96 bits per heavy atom. The van der Waals surface area contributed by atoms with E-state index in [9.17, 15) is 42.6 Å². The van der Waals surface area contributed by atoms with Crippen LogP contribution in [-0.2, 0) is 24.2 Å². The largest absolute Gasteiger partial charge is 0.456 e. The molecular formula is C40H56N4O10S. The predicted octanol–water partition coefficient (Wildman–Crippen LogP) is 4.93. The van der Waals surface area contributed by atoms with Crippen molar-refractivity contribution in [1.29, 1.82) is 0 Å². The Morgan fingerprint density at radius 2 is 1.42 bits per heavy atom. The molecule has 4 rings (SSSR count). The number of amides is 6. The molecule has 0 saturated carbocycles. The molecule has 2 N–H and O–H groups in total. The molecule has 0 aliphatic carbocycles. The number of rotatable bonds is 18. The van der Waals surface area contributed by atoms with E-state index in [0.29, 0.717) is 31.2 Å². The summed E-state index contributed by atoms with van der Waals surface area (Å²) in [7, 11) is -3.47. The molecule has 14 nitrogen and oxygen atoms in total. The van der Waals surface area contributed by atoms with E-state index in [-0.39, 0.29) is 23.4 Å². The van der Waals surface area contributed by atoms with Crippen LogP contribution in [-0.4, -0.2) is 123 Å². The molecule has 0 bridgehead atoms. The van der Waals surface area contributed by atoms with Crippen molar-refractivity contribution in [3.05, 3.63) is 65.7 Å². The van der Waals surface area contributed by atoms with E-state index in [1.165, 1.54) is 43.0 Å². The number of carbonyl (C=O) groups is 5. The van der Waals surface area contributed by atoms with Gasteiger partial charge in [0, 0.05) is 18.2 Å². The van der Waals surface area contributed by atoms with Crippen molar-refractivity contribution in [2.24, 2.45) is 0 Å². The fourth-order valence-corrected chi connectivity index (χ4v) is 8.35. The highest BCUT2D eigenvalue weighted by Gasteiger charge is 2.55. The van der Waals surface area contributed by atoms with Crippen LogP contribution in [0.3, 0.4) is 0 Å². The number of β-amino-alcohol motifs (C(OH)–C–C–N with tert-alkyl or cyclic N) is 2. The normalized spacial score (nSPS) is 20.8. The number of urea groups is 2. The molecule has 2 aromatic rings. The highest BCUT2D eigenvalue weighted by Crippen LogP contribution is 2.41. The highest BCUT2D eigenvalue weighted by molar-refractivity contribution is 7.90. The molecule has 2 heterocycles.